The number of hydrogen-bond acceptors (Lipinski definition) is 6. The molecule has 4 heterocycles. The van der Waals surface area contributed by atoms with E-state index < -0.39 is 0 Å². The van der Waals surface area contributed by atoms with E-state index in [1.54, 1.807) is 30.7 Å². The Morgan fingerprint density at radius 2 is 2.15 bits per heavy atom. The summed E-state index contributed by atoms with van der Waals surface area (Å²) in [6.45, 7) is 1.41. The maximum atomic E-state index is 12.8. The van der Waals surface area contributed by atoms with Crippen molar-refractivity contribution in [2.45, 2.75) is 29.7 Å². The molecule has 1 atom stereocenters. The molecule has 1 fully saturated rings. The molecule has 7 nitrogen and oxygen atoms in total. The van der Waals surface area contributed by atoms with E-state index >= 15 is 0 Å². The van der Waals surface area contributed by atoms with Crippen molar-refractivity contribution in [3.05, 3.63) is 60.3 Å². The third kappa shape index (κ3) is 3.80. The summed E-state index contributed by atoms with van der Waals surface area (Å²) in [7, 11) is 0. The van der Waals surface area contributed by atoms with Gasteiger partial charge in [-0.25, -0.2) is 15.0 Å². The van der Waals surface area contributed by atoms with Crippen LogP contribution in [0.1, 0.15) is 40.9 Å². The predicted octanol–water partition coefficient (Wildman–Crippen LogP) is 3.10. The SMILES string of the molecule is O=C(c1ccc(CSc2ncccn2)o1)N1CCCC(c2ncc[nH]2)C1. The van der Waals surface area contributed by atoms with Gasteiger partial charge in [0.25, 0.3) is 5.91 Å². The number of H-pyrrole nitrogens is 1. The number of rotatable bonds is 5. The van der Waals surface area contributed by atoms with Gasteiger partial charge in [0, 0.05) is 43.8 Å². The van der Waals surface area contributed by atoms with Gasteiger partial charge < -0.3 is 14.3 Å². The topological polar surface area (TPSA) is 87.9 Å². The largest absolute Gasteiger partial charge is 0.455 e. The summed E-state index contributed by atoms with van der Waals surface area (Å²) in [5, 5.41) is 0.689. The maximum absolute atomic E-state index is 12.8. The highest BCUT2D eigenvalue weighted by Crippen LogP contribution is 2.26. The monoisotopic (exact) mass is 369 g/mol. The number of carbonyl (C=O) groups excluding carboxylic acids is 1. The van der Waals surface area contributed by atoms with Crippen LogP contribution in [0.25, 0.3) is 0 Å². The predicted molar refractivity (Wildman–Crippen MR) is 96.8 cm³/mol. The quantitative estimate of drug-likeness (QED) is 0.549. The molecule has 0 bridgehead atoms. The number of furan rings is 1. The van der Waals surface area contributed by atoms with Crippen LogP contribution in [0.3, 0.4) is 0 Å². The van der Waals surface area contributed by atoms with E-state index in [2.05, 4.69) is 19.9 Å². The Labute approximate surface area is 155 Å². The number of likely N-dealkylation sites (tertiary alicyclic amines) is 1. The van der Waals surface area contributed by atoms with Crippen molar-refractivity contribution in [3.8, 4) is 0 Å². The second kappa shape index (κ2) is 7.74. The normalized spacial score (nSPS) is 17.4. The third-order valence-electron chi connectivity index (χ3n) is 4.37. The first-order chi connectivity index (χ1) is 12.8. The molecule has 0 aliphatic carbocycles. The number of aromatic nitrogens is 4. The zero-order valence-corrected chi connectivity index (χ0v) is 15.0. The minimum atomic E-state index is -0.0616. The second-order valence-electron chi connectivity index (χ2n) is 6.15. The molecule has 3 aromatic heterocycles. The summed E-state index contributed by atoms with van der Waals surface area (Å²) in [4.78, 5) is 30.4. The summed E-state index contributed by atoms with van der Waals surface area (Å²) >= 11 is 1.48. The van der Waals surface area contributed by atoms with Crippen LogP contribution in [-0.2, 0) is 5.75 Å². The lowest BCUT2D eigenvalue weighted by Gasteiger charge is -2.31. The van der Waals surface area contributed by atoms with Crippen molar-refractivity contribution in [1.29, 1.82) is 0 Å². The highest BCUT2D eigenvalue weighted by atomic mass is 32.2. The van der Waals surface area contributed by atoms with Gasteiger partial charge in [0.1, 0.15) is 11.6 Å². The Morgan fingerprint density at radius 1 is 1.27 bits per heavy atom. The molecule has 3 aromatic rings. The Morgan fingerprint density at radius 3 is 2.96 bits per heavy atom. The fourth-order valence-electron chi connectivity index (χ4n) is 3.11. The van der Waals surface area contributed by atoms with Crippen molar-refractivity contribution in [2.24, 2.45) is 0 Å². The van der Waals surface area contributed by atoms with Crippen LogP contribution in [0.5, 0.6) is 0 Å². The van der Waals surface area contributed by atoms with Crippen molar-refractivity contribution >= 4 is 17.7 Å². The fraction of sp³-hybridized carbons (Fsp3) is 0.333. The number of nitrogens with one attached hydrogen (secondary N) is 1. The molecule has 1 aliphatic heterocycles. The number of nitrogens with zero attached hydrogens (tertiary/aromatic N) is 4. The summed E-state index contributed by atoms with van der Waals surface area (Å²) in [6, 6.07) is 5.38. The molecule has 0 aromatic carbocycles. The number of thioether (sulfide) groups is 1. The molecule has 1 unspecified atom stereocenters. The van der Waals surface area contributed by atoms with E-state index in [-0.39, 0.29) is 11.8 Å². The van der Waals surface area contributed by atoms with Gasteiger partial charge in [0.2, 0.25) is 0 Å². The van der Waals surface area contributed by atoms with E-state index in [9.17, 15) is 4.79 Å². The number of hydrogen-bond donors (Lipinski definition) is 1. The lowest BCUT2D eigenvalue weighted by atomic mass is 9.97. The van der Waals surface area contributed by atoms with Crippen LogP contribution in [0.2, 0.25) is 0 Å². The molecular formula is C18H19N5O2S. The van der Waals surface area contributed by atoms with Crippen molar-refractivity contribution in [3.63, 3.8) is 0 Å². The average Bonchev–Trinajstić information content (AvgIpc) is 3.39. The van der Waals surface area contributed by atoms with Crippen LogP contribution >= 0.6 is 11.8 Å². The fourth-order valence-corrected chi connectivity index (χ4v) is 3.80. The lowest BCUT2D eigenvalue weighted by Crippen LogP contribution is -2.39. The number of piperidine rings is 1. The molecule has 8 heteroatoms. The number of amides is 1. The van der Waals surface area contributed by atoms with Crippen LogP contribution in [0.4, 0.5) is 0 Å². The first kappa shape index (κ1) is 16.8. The Kier molecular flexibility index (Phi) is 5.01. The highest BCUT2D eigenvalue weighted by Gasteiger charge is 2.28. The molecular weight excluding hydrogens is 350 g/mol. The van der Waals surface area contributed by atoms with Gasteiger partial charge in [-0.1, -0.05) is 11.8 Å². The van der Waals surface area contributed by atoms with E-state index in [0.29, 0.717) is 23.2 Å². The van der Waals surface area contributed by atoms with Crippen LogP contribution in [-0.4, -0.2) is 43.8 Å². The zero-order chi connectivity index (χ0) is 17.8. The smallest absolute Gasteiger partial charge is 0.289 e. The van der Waals surface area contributed by atoms with Crippen LogP contribution in [0.15, 0.2) is 52.6 Å². The molecule has 0 spiro atoms. The van der Waals surface area contributed by atoms with Gasteiger partial charge in [-0.3, -0.25) is 4.79 Å². The number of aromatic amines is 1. The molecule has 134 valence electrons. The Bertz CT molecular complexity index is 850. The van der Waals surface area contributed by atoms with Gasteiger partial charge >= 0.3 is 0 Å². The van der Waals surface area contributed by atoms with Crippen molar-refractivity contribution in [2.75, 3.05) is 13.1 Å². The van der Waals surface area contributed by atoms with Crippen LogP contribution < -0.4 is 0 Å². The molecule has 1 amide bonds. The minimum Gasteiger partial charge on any atom is -0.455 e. The van der Waals surface area contributed by atoms with Gasteiger partial charge in [0.05, 0.1) is 5.75 Å². The van der Waals surface area contributed by atoms with Gasteiger partial charge in [-0.05, 0) is 31.0 Å². The lowest BCUT2D eigenvalue weighted by molar-refractivity contribution is 0.0671. The molecule has 0 radical (unpaired) electrons. The molecule has 4 rings (SSSR count). The van der Waals surface area contributed by atoms with Crippen molar-refractivity contribution < 1.29 is 9.21 Å². The molecule has 1 N–H and O–H groups in total. The van der Waals surface area contributed by atoms with Gasteiger partial charge in [-0.2, -0.15) is 0 Å². The summed E-state index contributed by atoms with van der Waals surface area (Å²) < 4.78 is 5.76. The molecule has 26 heavy (non-hydrogen) atoms. The summed E-state index contributed by atoms with van der Waals surface area (Å²) in [6.07, 6.45) is 8.99. The Balaban J connectivity index is 1.38. The van der Waals surface area contributed by atoms with E-state index in [1.165, 1.54) is 11.8 Å². The minimum absolute atomic E-state index is 0.0616. The average molecular weight is 369 g/mol. The molecule has 0 saturated carbocycles. The Hall–Kier alpha value is -2.61. The number of imidazole rings is 1. The van der Waals surface area contributed by atoms with Gasteiger partial charge in [0.15, 0.2) is 10.9 Å². The summed E-state index contributed by atoms with van der Waals surface area (Å²) in [5.41, 5.74) is 0. The van der Waals surface area contributed by atoms with Crippen LogP contribution in [0, 0.1) is 0 Å². The zero-order valence-electron chi connectivity index (χ0n) is 14.2. The highest BCUT2D eigenvalue weighted by molar-refractivity contribution is 7.98. The maximum Gasteiger partial charge on any atom is 0.289 e. The summed E-state index contributed by atoms with van der Waals surface area (Å²) in [5.74, 6) is 2.85. The molecule has 1 aliphatic rings. The first-order valence-electron chi connectivity index (χ1n) is 8.56. The molecule has 1 saturated heterocycles. The first-order valence-corrected chi connectivity index (χ1v) is 9.55. The standard InChI is InChI=1S/C18H19N5O2S/c24-17(23-10-1-3-13(11-23)16-19-8-9-20-16)15-5-4-14(25-15)12-26-18-21-6-2-7-22-18/h2,4-9,13H,1,3,10-12H2,(H,19,20). The van der Waals surface area contributed by atoms with Crippen molar-refractivity contribution in [1.82, 2.24) is 24.8 Å². The van der Waals surface area contributed by atoms with Gasteiger partial charge in [-0.15, -0.1) is 0 Å². The second-order valence-corrected chi connectivity index (χ2v) is 7.09. The van der Waals surface area contributed by atoms with E-state index in [0.717, 1.165) is 31.0 Å². The third-order valence-corrected chi connectivity index (χ3v) is 5.27. The number of carbonyl (C=O) groups is 1. The van der Waals surface area contributed by atoms with E-state index in [4.69, 9.17) is 4.42 Å². The van der Waals surface area contributed by atoms with E-state index in [1.807, 2.05) is 17.2 Å².